The lowest BCUT2D eigenvalue weighted by Gasteiger charge is -2.30. The van der Waals surface area contributed by atoms with Gasteiger partial charge in [0.25, 0.3) is 5.91 Å². The molecule has 57 heavy (non-hydrogen) atoms. The number of aromatic nitrogens is 1. The van der Waals surface area contributed by atoms with Crippen LogP contribution in [0.5, 0.6) is 5.75 Å². The molecule has 0 spiro atoms. The number of nitrogens with zero attached hydrogens (tertiary/aromatic N) is 2. The first-order valence-electron chi connectivity index (χ1n) is 20.3. The number of rotatable bonds is 7. The summed E-state index contributed by atoms with van der Waals surface area (Å²) in [5.41, 5.74) is 0.860. The van der Waals surface area contributed by atoms with Gasteiger partial charge < -0.3 is 29.4 Å². The number of carbonyl (C=O) groups excluding carboxylic acids is 4. The summed E-state index contributed by atoms with van der Waals surface area (Å²) in [5.74, 6) is -1.86. The molecule has 3 saturated carbocycles. The SMILES string of the molecule is O=C(N[C@H]1CCCCC/C=C\[C@@H]2C[C@@]2(C(=O)NS(=O)(=O)C2CC2)NC(=O)[C@@H]2C[C@@H](Oc3c4ccccc4nc4c3oc3ccccc34)CN2C1=O)OC1CCCC1. The van der Waals surface area contributed by atoms with Gasteiger partial charge >= 0.3 is 6.09 Å². The molecule has 1 saturated heterocycles. The minimum absolute atomic E-state index is 0.0102. The molecular formula is C42H47N5O9S. The van der Waals surface area contributed by atoms with Crippen LogP contribution < -0.4 is 20.1 Å². The summed E-state index contributed by atoms with van der Waals surface area (Å²) in [6.45, 7) is -0.0102. The Hall–Kier alpha value is -5.18. The van der Waals surface area contributed by atoms with Gasteiger partial charge in [0, 0.05) is 23.1 Å². The molecule has 3 N–H and O–H groups in total. The summed E-state index contributed by atoms with van der Waals surface area (Å²) in [6, 6.07) is 13.0. The molecule has 0 unspecified atom stereocenters. The Morgan fingerprint density at radius 2 is 1.67 bits per heavy atom. The molecule has 4 aromatic rings. The van der Waals surface area contributed by atoms with Crippen molar-refractivity contribution in [1.29, 1.82) is 0 Å². The highest BCUT2D eigenvalue weighted by molar-refractivity contribution is 7.91. The number of amides is 4. The van der Waals surface area contributed by atoms with E-state index in [1.165, 1.54) is 4.90 Å². The molecule has 9 rings (SSSR count). The molecule has 4 amide bonds. The van der Waals surface area contributed by atoms with Crippen LogP contribution in [0.15, 0.2) is 65.1 Å². The number of furan rings is 1. The second-order valence-electron chi connectivity index (χ2n) is 16.2. The van der Waals surface area contributed by atoms with E-state index in [0.717, 1.165) is 43.9 Å². The maximum Gasteiger partial charge on any atom is 0.408 e. The number of hydrogen-bond donors (Lipinski definition) is 3. The zero-order valence-electron chi connectivity index (χ0n) is 31.6. The summed E-state index contributed by atoms with van der Waals surface area (Å²) in [4.78, 5) is 62.7. The number of fused-ring (bicyclic) bond motifs is 6. The first kappa shape index (κ1) is 37.4. The first-order chi connectivity index (χ1) is 27.6. The van der Waals surface area contributed by atoms with Crippen LogP contribution in [0.3, 0.4) is 0 Å². The van der Waals surface area contributed by atoms with Crippen LogP contribution in [-0.2, 0) is 29.1 Å². The second kappa shape index (κ2) is 15.0. The van der Waals surface area contributed by atoms with E-state index in [-0.39, 0.29) is 25.5 Å². The number of ether oxygens (including phenoxy) is 2. The van der Waals surface area contributed by atoms with E-state index in [1.54, 1.807) is 0 Å². The lowest BCUT2D eigenvalue weighted by Crippen LogP contribution is -2.58. The highest BCUT2D eigenvalue weighted by Gasteiger charge is 2.62. The van der Waals surface area contributed by atoms with Gasteiger partial charge in [-0.25, -0.2) is 18.2 Å². The standard InChI is InChI=1S/C42H47N5O9S/c48-38-33-22-27(54-36-29-15-8-10-17-31(29)43-35-30-16-9-11-19-34(30)56-37(35)36)24-47(33)39(49)32(44-41(51)55-26-13-6-7-14-26)18-5-3-1-2-4-12-25-23-42(25,45-38)40(50)46-57(52,53)28-20-21-28/h4,8-12,15-17,19,25-28,32-33H,1-3,5-7,13-14,18,20-24H2,(H,44,51)(H,45,48)(H,46,50)/b12-4-/t25-,27-,32+,33+,42-/m1/s1. The number of pyridine rings is 1. The topological polar surface area (TPSA) is 186 Å². The lowest BCUT2D eigenvalue weighted by atomic mass is 10.0. The highest BCUT2D eigenvalue weighted by atomic mass is 32.2. The number of para-hydroxylation sites is 2. The number of sulfonamides is 1. The average Bonchev–Trinajstić information content (AvgIpc) is 4.01. The molecule has 2 aromatic heterocycles. The number of alkyl carbamates (subject to hydrolysis) is 1. The normalized spacial score (nSPS) is 27.9. The molecule has 5 aliphatic rings. The Bertz CT molecular complexity index is 2390. The van der Waals surface area contributed by atoms with E-state index in [4.69, 9.17) is 18.9 Å². The second-order valence-corrected chi connectivity index (χ2v) is 18.2. The summed E-state index contributed by atoms with van der Waals surface area (Å²) in [6.07, 6.45) is 10.2. The van der Waals surface area contributed by atoms with E-state index in [2.05, 4.69) is 15.4 Å². The smallest absolute Gasteiger partial charge is 0.408 e. The van der Waals surface area contributed by atoms with Crippen LogP contribution in [0.2, 0.25) is 0 Å². The molecular weight excluding hydrogens is 751 g/mol. The largest absolute Gasteiger partial charge is 0.484 e. The predicted octanol–water partition coefficient (Wildman–Crippen LogP) is 5.52. The van der Waals surface area contributed by atoms with Crippen LogP contribution in [0.25, 0.3) is 33.0 Å². The van der Waals surface area contributed by atoms with Gasteiger partial charge in [-0.05, 0) is 88.5 Å². The quantitative estimate of drug-likeness (QED) is 0.201. The highest BCUT2D eigenvalue weighted by Crippen LogP contribution is 2.46. The summed E-state index contributed by atoms with van der Waals surface area (Å²) >= 11 is 0. The minimum Gasteiger partial charge on any atom is -0.484 e. The molecule has 4 heterocycles. The Kier molecular flexibility index (Phi) is 9.82. The molecule has 2 aromatic carbocycles. The molecule has 5 atom stereocenters. The lowest BCUT2D eigenvalue weighted by molar-refractivity contribution is -0.141. The summed E-state index contributed by atoms with van der Waals surface area (Å²) in [5, 5.41) is 6.63. The molecule has 15 heteroatoms. The summed E-state index contributed by atoms with van der Waals surface area (Å²) in [7, 11) is -3.90. The van der Waals surface area contributed by atoms with E-state index in [0.29, 0.717) is 65.4 Å². The van der Waals surface area contributed by atoms with Crippen molar-refractivity contribution < 1.29 is 41.5 Å². The predicted molar refractivity (Wildman–Crippen MR) is 211 cm³/mol. The van der Waals surface area contributed by atoms with Crippen molar-refractivity contribution in [3.63, 3.8) is 0 Å². The van der Waals surface area contributed by atoms with Crippen molar-refractivity contribution in [2.75, 3.05) is 6.54 Å². The zero-order chi connectivity index (χ0) is 39.3. The monoisotopic (exact) mass is 797 g/mol. The van der Waals surface area contributed by atoms with Gasteiger partial charge in [0.2, 0.25) is 21.8 Å². The Morgan fingerprint density at radius 3 is 2.47 bits per heavy atom. The fourth-order valence-corrected chi connectivity index (χ4v) is 10.1. The van der Waals surface area contributed by atoms with E-state index in [9.17, 15) is 27.6 Å². The Labute approximate surface area is 330 Å². The zero-order valence-corrected chi connectivity index (χ0v) is 32.4. The molecule has 2 aliphatic heterocycles. The number of carbonyl (C=O) groups is 4. The van der Waals surface area contributed by atoms with E-state index >= 15 is 0 Å². The number of nitrogens with one attached hydrogen (secondary N) is 3. The van der Waals surface area contributed by atoms with E-state index < -0.39 is 68.7 Å². The van der Waals surface area contributed by atoms with Crippen molar-refractivity contribution in [2.24, 2.45) is 5.92 Å². The number of allylic oxidation sites excluding steroid dienone is 1. The van der Waals surface area contributed by atoms with Gasteiger partial charge in [-0.1, -0.05) is 49.3 Å². The van der Waals surface area contributed by atoms with Crippen molar-refractivity contribution in [1.82, 2.24) is 25.2 Å². The van der Waals surface area contributed by atoms with Gasteiger partial charge in [-0.3, -0.25) is 19.1 Å². The minimum atomic E-state index is -3.90. The van der Waals surface area contributed by atoms with Crippen LogP contribution >= 0.6 is 0 Å². The van der Waals surface area contributed by atoms with Gasteiger partial charge in [0.15, 0.2) is 11.3 Å². The Morgan fingerprint density at radius 1 is 0.912 bits per heavy atom. The molecule has 14 nitrogen and oxygen atoms in total. The van der Waals surface area contributed by atoms with Crippen molar-refractivity contribution in [3.05, 3.63) is 60.7 Å². The Balaban J connectivity index is 1.05. The van der Waals surface area contributed by atoms with Crippen LogP contribution in [0, 0.1) is 5.92 Å². The van der Waals surface area contributed by atoms with Gasteiger partial charge in [-0.15, -0.1) is 0 Å². The molecule has 4 fully saturated rings. The number of hydrogen-bond acceptors (Lipinski definition) is 10. The fourth-order valence-electron chi connectivity index (χ4n) is 8.77. The molecule has 300 valence electrons. The van der Waals surface area contributed by atoms with Crippen molar-refractivity contribution in [3.8, 4) is 5.75 Å². The first-order valence-corrected chi connectivity index (χ1v) is 21.8. The third kappa shape index (κ3) is 7.41. The summed E-state index contributed by atoms with van der Waals surface area (Å²) < 4.78 is 46.9. The molecule has 0 bridgehead atoms. The fraction of sp³-hybridized carbons (Fsp3) is 0.500. The molecule has 0 radical (unpaired) electrons. The van der Waals surface area contributed by atoms with Gasteiger partial charge in [0.1, 0.15) is 40.9 Å². The average molecular weight is 798 g/mol. The van der Waals surface area contributed by atoms with Crippen LogP contribution in [0.1, 0.15) is 83.5 Å². The maximum atomic E-state index is 14.7. The van der Waals surface area contributed by atoms with Crippen molar-refractivity contribution in [2.45, 2.75) is 119 Å². The third-order valence-electron chi connectivity index (χ3n) is 12.2. The van der Waals surface area contributed by atoms with Crippen LogP contribution in [0.4, 0.5) is 4.79 Å². The maximum absolute atomic E-state index is 14.7. The van der Waals surface area contributed by atoms with Gasteiger partial charge in [0.05, 0.1) is 17.3 Å². The molecule has 3 aliphatic carbocycles. The van der Waals surface area contributed by atoms with Crippen molar-refractivity contribution >= 4 is 66.8 Å². The van der Waals surface area contributed by atoms with Gasteiger partial charge in [-0.2, -0.15) is 0 Å². The number of benzene rings is 2. The van der Waals surface area contributed by atoms with E-state index in [1.807, 2.05) is 60.7 Å². The third-order valence-corrected chi connectivity index (χ3v) is 14.0. The van der Waals surface area contributed by atoms with Crippen LogP contribution in [-0.4, -0.2) is 83.7 Å².